The van der Waals surface area contributed by atoms with Gasteiger partial charge in [-0.05, 0) is 26.0 Å². The van der Waals surface area contributed by atoms with Gasteiger partial charge < -0.3 is 14.5 Å². The van der Waals surface area contributed by atoms with Gasteiger partial charge in [0, 0.05) is 20.6 Å². The van der Waals surface area contributed by atoms with E-state index in [4.69, 9.17) is 4.74 Å². The molecule has 1 aromatic heterocycles. The molecular formula is C13H20N4O3. The summed E-state index contributed by atoms with van der Waals surface area (Å²) in [5, 5.41) is 7.87. The summed E-state index contributed by atoms with van der Waals surface area (Å²) in [6, 6.07) is 3.27. The molecule has 0 aromatic carbocycles. The average Bonchev–Trinajstić information content (AvgIpc) is 2.44. The lowest BCUT2D eigenvalue weighted by Crippen LogP contribution is -2.32. The number of carbonyl (C=O) groups is 2. The van der Waals surface area contributed by atoms with E-state index in [1.54, 1.807) is 38.1 Å². The van der Waals surface area contributed by atoms with E-state index in [0.29, 0.717) is 19.0 Å². The summed E-state index contributed by atoms with van der Waals surface area (Å²) < 4.78 is 4.90. The molecule has 0 saturated heterocycles. The van der Waals surface area contributed by atoms with Gasteiger partial charge in [-0.3, -0.25) is 9.59 Å². The molecule has 0 aliphatic heterocycles. The second kappa shape index (κ2) is 7.42. The van der Waals surface area contributed by atoms with Crippen LogP contribution in [-0.4, -0.2) is 60.8 Å². The first-order valence-electron chi connectivity index (χ1n) is 6.45. The van der Waals surface area contributed by atoms with Gasteiger partial charge in [0.1, 0.15) is 6.54 Å². The minimum Gasteiger partial charge on any atom is -0.465 e. The first-order chi connectivity index (χ1) is 9.49. The molecule has 0 fully saturated rings. The van der Waals surface area contributed by atoms with Crippen LogP contribution in [0.1, 0.15) is 24.3 Å². The van der Waals surface area contributed by atoms with Crippen LogP contribution < -0.4 is 4.90 Å². The van der Waals surface area contributed by atoms with Crippen LogP contribution in [0.15, 0.2) is 12.1 Å². The second-order valence-electron chi connectivity index (χ2n) is 4.30. The normalized spacial score (nSPS) is 10.0. The Bertz CT molecular complexity index is 459. The third-order valence-electron chi connectivity index (χ3n) is 2.61. The zero-order chi connectivity index (χ0) is 15.1. The van der Waals surface area contributed by atoms with Crippen LogP contribution in [0.4, 0.5) is 5.82 Å². The molecule has 0 spiro atoms. The van der Waals surface area contributed by atoms with Crippen LogP contribution in [0.2, 0.25) is 0 Å². The number of nitrogens with zero attached hydrogens (tertiary/aromatic N) is 4. The minimum absolute atomic E-state index is 0.111. The lowest BCUT2D eigenvalue weighted by atomic mass is 10.3. The zero-order valence-electron chi connectivity index (χ0n) is 12.3. The predicted molar refractivity (Wildman–Crippen MR) is 74.6 cm³/mol. The maximum Gasteiger partial charge on any atom is 0.325 e. The molecule has 0 saturated carbocycles. The van der Waals surface area contributed by atoms with Crippen molar-refractivity contribution in [3.8, 4) is 0 Å². The maximum absolute atomic E-state index is 11.7. The fourth-order valence-electron chi connectivity index (χ4n) is 1.55. The summed E-state index contributed by atoms with van der Waals surface area (Å²) in [5.41, 5.74) is 0.269. The Hall–Kier alpha value is -2.18. The molecule has 1 heterocycles. The van der Waals surface area contributed by atoms with E-state index < -0.39 is 0 Å². The Labute approximate surface area is 118 Å². The van der Waals surface area contributed by atoms with E-state index in [-0.39, 0.29) is 24.1 Å². The van der Waals surface area contributed by atoms with Gasteiger partial charge >= 0.3 is 5.97 Å². The van der Waals surface area contributed by atoms with E-state index in [0.717, 1.165) is 0 Å². The van der Waals surface area contributed by atoms with E-state index in [1.807, 2.05) is 6.92 Å². The quantitative estimate of drug-likeness (QED) is 0.709. The van der Waals surface area contributed by atoms with Crippen molar-refractivity contribution in [2.45, 2.75) is 13.8 Å². The van der Waals surface area contributed by atoms with Gasteiger partial charge in [-0.15, -0.1) is 10.2 Å². The summed E-state index contributed by atoms with van der Waals surface area (Å²) in [7, 11) is 3.30. The first kappa shape index (κ1) is 15.9. The van der Waals surface area contributed by atoms with E-state index >= 15 is 0 Å². The largest absolute Gasteiger partial charge is 0.465 e. The van der Waals surface area contributed by atoms with Crippen LogP contribution in [0.25, 0.3) is 0 Å². The molecule has 0 N–H and O–H groups in total. The highest BCUT2D eigenvalue weighted by atomic mass is 16.5. The van der Waals surface area contributed by atoms with Crippen molar-refractivity contribution in [3.05, 3.63) is 17.8 Å². The molecule has 1 rings (SSSR count). The number of esters is 1. The number of likely N-dealkylation sites (N-methyl/N-ethyl adjacent to an activating group) is 1. The van der Waals surface area contributed by atoms with Crippen molar-refractivity contribution in [2.75, 3.05) is 38.7 Å². The average molecular weight is 280 g/mol. The SMILES string of the molecule is CCOC(=O)CN(CC)c1ccc(C(=O)N(C)C)nn1. The van der Waals surface area contributed by atoms with Crippen LogP contribution in [-0.2, 0) is 9.53 Å². The second-order valence-corrected chi connectivity index (χ2v) is 4.30. The third-order valence-corrected chi connectivity index (χ3v) is 2.61. The smallest absolute Gasteiger partial charge is 0.325 e. The topological polar surface area (TPSA) is 75.6 Å². The molecule has 0 bridgehead atoms. The standard InChI is InChI=1S/C13H20N4O3/c1-5-17(9-12(18)20-6-2)11-8-7-10(14-15-11)13(19)16(3)4/h7-8H,5-6,9H2,1-4H3. The lowest BCUT2D eigenvalue weighted by Gasteiger charge is -2.20. The van der Waals surface area contributed by atoms with Gasteiger partial charge in [-0.1, -0.05) is 0 Å². The monoisotopic (exact) mass is 280 g/mol. The number of ether oxygens (including phenoxy) is 1. The lowest BCUT2D eigenvalue weighted by molar-refractivity contribution is -0.141. The van der Waals surface area contributed by atoms with Crippen molar-refractivity contribution in [2.24, 2.45) is 0 Å². The summed E-state index contributed by atoms with van der Waals surface area (Å²) in [6.45, 7) is 4.71. The number of hydrogen-bond donors (Lipinski definition) is 0. The Morgan fingerprint density at radius 1 is 1.20 bits per heavy atom. The Morgan fingerprint density at radius 3 is 2.35 bits per heavy atom. The summed E-state index contributed by atoms with van der Waals surface area (Å²) >= 11 is 0. The number of anilines is 1. The van der Waals surface area contributed by atoms with Crippen LogP contribution in [0.3, 0.4) is 0 Å². The van der Waals surface area contributed by atoms with E-state index in [2.05, 4.69) is 10.2 Å². The van der Waals surface area contributed by atoms with Crippen molar-refractivity contribution in [3.63, 3.8) is 0 Å². The molecule has 20 heavy (non-hydrogen) atoms. The van der Waals surface area contributed by atoms with Gasteiger partial charge in [0.25, 0.3) is 5.91 Å². The highest BCUT2D eigenvalue weighted by Gasteiger charge is 2.14. The van der Waals surface area contributed by atoms with Crippen LogP contribution >= 0.6 is 0 Å². The van der Waals surface area contributed by atoms with Gasteiger partial charge in [0.2, 0.25) is 0 Å². The molecule has 0 atom stereocenters. The number of hydrogen-bond acceptors (Lipinski definition) is 6. The zero-order valence-corrected chi connectivity index (χ0v) is 12.3. The van der Waals surface area contributed by atoms with Crippen LogP contribution in [0.5, 0.6) is 0 Å². The highest BCUT2D eigenvalue weighted by molar-refractivity contribution is 5.91. The summed E-state index contributed by atoms with van der Waals surface area (Å²) in [4.78, 5) is 26.3. The molecule has 1 aromatic rings. The van der Waals surface area contributed by atoms with E-state index in [9.17, 15) is 9.59 Å². The van der Waals surface area contributed by atoms with Crippen molar-refractivity contribution in [1.82, 2.24) is 15.1 Å². The van der Waals surface area contributed by atoms with Gasteiger partial charge in [0.15, 0.2) is 11.5 Å². The van der Waals surface area contributed by atoms with Gasteiger partial charge in [-0.2, -0.15) is 0 Å². The Morgan fingerprint density at radius 2 is 1.90 bits per heavy atom. The predicted octanol–water partition coefficient (Wildman–Crippen LogP) is 0.568. The van der Waals surface area contributed by atoms with Crippen molar-refractivity contribution < 1.29 is 14.3 Å². The fourth-order valence-corrected chi connectivity index (χ4v) is 1.55. The van der Waals surface area contributed by atoms with Crippen molar-refractivity contribution >= 4 is 17.7 Å². The molecular weight excluding hydrogens is 260 g/mol. The molecule has 7 heteroatoms. The summed E-state index contributed by atoms with van der Waals surface area (Å²) in [5.74, 6) is 0.0120. The molecule has 0 unspecified atom stereocenters. The summed E-state index contributed by atoms with van der Waals surface area (Å²) in [6.07, 6.45) is 0. The van der Waals surface area contributed by atoms with Gasteiger partial charge in [0.05, 0.1) is 6.61 Å². The highest BCUT2D eigenvalue weighted by Crippen LogP contribution is 2.10. The molecule has 0 aliphatic rings. The number of rotatable bonds is 6. The molecule has 110 valence electrons. The number of carbonyl (C=O) groups excluding carboxylic acids is 2. The molecule has 7 nitrogen and oxygen atoms in total. The number of amides is 1. The molecule has 0 radical (unpaired) electrons. The van der Waals surface area contributed by atoms with E-state index in [1.165, 1.54) is 4.90 Å². The van der Waals surface area contributed by atoms with Gasteiger partial charge in [-0.25, -0.2) is 0 Å². The third kappa shape index (κ3) is 4.18. The Kier molecular flexibility index (Phi) is 5.89. The first-order valence-corrected chi connectivity index (χ1v) is 6.45. The maximum atomic E-state index is 11.7. The van der Waals surface area contributed by atoms with Crippen LogP contribution in [0, 0.1) is 0 Å². The number of aromatic nitrogens is 2. The van der Waals surface area contributed by atoms with Crippen molar-refractivity contribution in [1.29, 1.82) is 0 Å². The minimum atomic E-state index is -0.315. The Balaban J connectivity index is 2.79. The molecule has 1 amide bonds. The fraction of sp³-hybridized carbons (Fsp3) is 0.538. The molecule has 0 aliphatic carbocycles.